The van der Waals surface area contributed by atoms with Gasteiger partial charge < -0.3 is 10.5 Å². The lowest BCUT2D eigenvalue weighted by atomic mass is 10.0. The molecule has 0 saturated heterocycles. The zero-order chi connectivity index (χ0) is 28.4. The van der Waals surface area contributed by atoms with E-state index < -0.39 is 0 Å². The number of hydrogen-bond acceptors (Lipinski definition) is 3. The van der Waals surface area contributed by atoms with Crippen LogP contribution in [-0.4, -0.2) is 18.5 Å². The second-order valence-electron chi connectivity index (χ2n) is 11.3. The molecule has 0 heterocycles. The first-order valence-electron chi connectivity index (χ1n) is 17.0. The maximum Gasteiger partial charge on any atom is 0.305 e. The second kappa shape index (κ2) is 35.9. The number of carbonyl (C=O) groups excluding carboxylic acids is 2. The topological polar surface area (TPSA) is 69.4 Å². The molecule has 0 aromatic rings. The average molecular weight is 540 g/mol. The van der Waals surface area contributed by atoms with Gasteiger partial charge in [-0.3, -0.25) is 9.59 Å². The minimum Gasteiger partial charge on any atom is -0.466 e. The molecule has 228 valence electrons. The summed E-state index contributed by atoms with van der Waals surface area (Å²) in [5.41, 5.74) is 5.09. The van der Waals surface area contributed by atoms with E-state index in [4.69, 9.17) is 10.5 Å². The smallest absolute Gasteiger partial charge is 0.305 e. The molecule has 4 heteroatoms. The lowest BCUT2D eigenvalue weighted by Gasteiger charge is -2.03. The predicted molar refractivity (Wildman–Crippen MR) is 166 cm³/mol. The molecule has 38 heavy (non-hydrogen) atoms. The van der Waals surface area contributed by atoms with Gasteiger partial charge in [-0.25, -0.2) is 0 Å². The van der Waals surface area contributed by atoms with Gasteiger partial charge in [0.25, 0.3) is 0 Å². The Morgan fingerprint density at radius 2 is 0.684 bits per heavy atom. The first-order chi connectivity index (χ1) is 18.6. The normalized spacial score (nSPS) is 10.7. The van der Waals surface area contributed by atoms with E-state index in [1.807, 2.05) is 6.92 Å². The van der Waals surface area contributed by atoms with Gasteiger partial charge in [0.05, 0.1) is 6.61 Å². The number of ether oxygens (including phenoxy) is 1. The Labute approximate surface area is 239 Å². The molecule has 0 rings (SSSR count). The lowest BCUT2D eigenvalue weighted by Crippen LogP contribution is -2.09. The third kappa shape index (κ3) is 39.5. The van der Waals surface area contributed by atoms with Crippen molar-refractivity contribution in [1.82, 2.24) is 0 Å². The monoisotopic (exact) mass is 540 g/mol. The van der Waals surface area contributed by atoms with E-state index in [0.717, 1.165) is 12.8 Å². The Kier molecular flexibility index (Phi) is 37.0. The lowest BCUT2D eigenvalue weighted by molar-refractivity contribution is -0.143. The fourth-order valence-corrected chi connectivity index (χ4v) is 4.84. The van der Waals surface area contributed by atoms with Gasteiger partial charge in [-0.05, 0) is 19.8 Å². The van der Waals surface area contributed by atoms with Crippen LogP contribution in [0.15, 0.2) is 0 Å². The average Bonchev–Trinajstić information content (AvgIpc) is 2.90. The molecular weight excluding hydrogens is 470 g/mol. The maximum absolute atomic E-state index is 11.1. The largest absolute Gasteiger partial charge is 0.466 e. The standard InChI is InChI=1S/C18H36O2.C16H33NO/c1-3-5-6-7-8-9-10-11-12-13-14-15-16-17-18(19)20-4-2;1-2-3-4-5-6-7-8-9-10-11-12-13-14-15-16(17)18/h3-17H2,1-2H3;2-15H2,1H3,(H2,17,18). The molecule has 0 radical (unpaired) electrons. The molecule has 0 aromatic heterocycles. The summed E-state index contributed by atoms with van der Waals surface area (Å²) in [6.45, 7) is 6.91. The van der Waals surface area contributed by atoms with Crippen LogP contribution in [0.3, 0.4) is 0 Å². The Balaban J connectivity index is 0. The highest BCUT2D eigenvalue weighted by atomic mass is 16.5. The van der Waals surface area contributed by atoms with Crippen molar-refractivity contribution >= 4 is 11.9 Å². The van der Waals surface area contributed by atoms with Crippen LogP contribution < -0.4 is 5.73 Å². The molecule has 0 aliphatic carbocycles. The molecule has 0 unspecified atom stereocenters. The molecule has 0 fully saturated rings. The first-order valence-corrected chi connectivity index (χ1v) is 17.0. The van der Waals surface area contributed by atoms with Crippen LogP contribution in [0.4, 0.5) is 0 Å². The van der Waals surface area contributed by atoms with E-state index in [1.165, 1.54) is 154 Å². The summed E-state index contributed by atoms with van der Waals surface area (Å²) in [6.07, 6.45) is 36.0. The molecule has 2 N–H and O–H groups in total. The Bertz CT molecular complexity index is 467. The number of carbonyl (C=O) groups is 2. The maximum atomic E-state index is 11.1. The van der Waals surface area contributed by atoms with Crippen molar-refractivity contribution in [2.75, 3.05) is 6.61 Å². The van der Waals surface area contributed by atoms with Crippen molar-refractivity contribution in [3.8, 4) is 0 Å². The van der Waals surface area contributed by atoms with Gasteiger partial charge in [-0.1, -0.05) is 168 Å². The minimum absolute atomic E-state index is 0.0319. The quantitative estimate of drug-likeness (QED) is 0.0759. The van der Waals surface area contributed by atoms with Crippen molar-refractivity contribution in [3.05, 3.63) is 0 Å². The van der Waals surface area contributed by atoms with E-state index in [-0.39, 0.29) is 11.9 Å². The van der Waals surface area contributed by atoms with Gasteiger partial charge in [0, 0.05) is 12.8 Å². The summed E-state index contributed by atoms with van der Waals surface area (Å²) in [4.78, 5) is 21.6. The van der Waals surface area contributed by atoms with E-state index in [1.54, 1.807) is 0 Å². The van der Waals surface area contributed by atoms with Crippen LogP contribution in [0.2, 0.25) is 0 Å². The number of esters is 1. The zero-order valence-electron chi connectivity index (χ0n) is 26.3. The molecule has 0 bridgehead atoms. The minimum atomic E-state index is -0.155. The number of hydrogen-bond donors (Lipinski definition) is 1. The predicted octanol–water partition coefficient (Wildman–Crippen LogP) is 11.0. The van der Waals surface area contributed by atoms with Gasteiger partial charge >= 0.3 is 5.97 Å². The number of amides is 1. The molecular formula is C34H69NO3. The molecule has 0 aliphatic rings. The Morgan fingerprint density at radius 1 is 0.421 bits per heavy atom. The van der Waals surface area contributed by atoms with Gasteiger partial charge in [0.2, 0.25) is 5.91 Å². The van der Waals surface area contributed by atoms with E-state index >= 15 is 0 Å². The summed E-state index contributed by atoms with van der Waals surface area (Å²) in [7, 11) is 0. The fraction of sp³-hybridized carbons (Fsp3) is 0.941. The van der Waals surface area contributed by atoms with Gasteiger partial charge in [0.1, 0.15) is 0 Å². The molecule has 0 atom stereocenters. The van der Waals surface area contributed by atoms with Crippen molar-refractivity contribution in [3.63, 3.8) is 0 Å². The van der Waals surface area contributed by atoms with Crippen molar-refractivity contribution in [2.45, 2.75) is 201 Å². The summed E-state index contributed by atoms with van der Waals surface area (Å²) in [6, 6.07) is 0. The highest BCUT2D eigenvalue weighted by Crippen LogP contribution is 2.14. The third-order valence-electron chi connectivity index (χ3n) is 7.32. The SMILES string of the molecule is CCCCCCCCCCCCCCCC(=O)OCC.CCCCCCCCCCCCCCCC(N)=O. The molecule has 1 amide bonds. The Hall–Kier alpha value is -1.06. The van der Waals surface area contributed by atoms with Crippen molar-refractivity contribution in [1.29, 1.82) is 0 Å². The van der Waals surface area contributed by atoms with E-state index in [2.05, 4.69) is 13.8 Å². The third-order valence-corrected chi connectivity index (χ3v) is 7.32. The number of primary amides is 1. The molecule has 0 aliphatic heterocycles. The molecule has 0 aromatic carbocycles. The van der Waals surface area contributed by atoms with Crippen LogP contribution >= 0.6 is 0 Å². The fourth-order valence-electron chi connectivity index (χ4n) is 4.84. The van der Waals surface area contributed by atoms with Crippen LogP contribution in [0, 0.1) is 0 Å². The van der Waals surface area contributed by atoms with Gasteiger partial charge in [-0.2, -0.15) is 0 Å². The summed E-state index contributed by atoms with van der Waals surface area (Å²) < 4.78 is 4.91. The Morgan fingerprint density at radius 3 is 0.947 bits per heavy atom. The van der Waals surface area contributed by atoms with Crippen LogP contribution in [0.1, 0.15) is 201 Å². The van der Waals surface area contributed by atoms with Crippen LogP contribution in [-0.2, 0) is 14.3 Å². The summed E-state index contributed by atoms with van der Waals surface area (Å²) in [5, 5.41) is 0. The number of rotatable bonds is 29. The summed E-state index contributed by atoms with van der Waals surface area (Å²) in [5.74, 6) is -0.186. The highest BCUT2D eigenvalue weighted by Gasteiger charge is 2.00. The highest BCUT2D eigenvalue weighted by molar-refractivity contribution is 5.73. The van der Waals surface area contributed by atoms with E-state index in [9.17, 15) is 9.59 Å². The van der Waals surface area contributed by atoms with Gasteiger partial charge in [0.15, 0.2) is 0 Å². The molecule has 0 spiro atoms. The zero-order valence-corrected chi connectivity index (χ0v) is 26.3. The summed E-state index contributed by atoms with van der Waals surface area (Å²) >= 11 is 0. The van der Waals surface area contributed by atoms with Crippen molar-refractivity contribution in [2.24, 2.45) is 5.73 Å². The van der Waals surface area contributed by atoms with Crippen molar-refractivity contribution < 1.29 is 14.3 Å². The second-order valence-corrected chi connectivity index (χ2v) is 11.3. The van der Waals surface area contributed by atoms with Crippen LogP contribution in [0.25, 0.3) is 0 Å². The van der Waals surface area contributed by atoms with Crippen LogP contribution in [0.5, 0.6) is 0 Å². The number of nitrogens with two attached hydrogens (primary N) is 1. The number of unbranched alkanes of at least 4 members (excludes halogenated alkanes) is 24. The molecule has 0 saturated carbocycles. The molecule has 4 nitrogen and oxygen atoms in total. The van der Waals surface area contributed by atoms with E-state index in [0.29, 0.717) is 19.4 Å². The first kappa shape index (κ1) is 39.1. The van der Waals surface area contributed by atoms with Gasteiger partial charge in [-0.15, -0.1) is 0 Å².